The number of sulfonamides is 1. The zero-order chi connectivity index (χ0) is 34.0. The summed E-state index contributed by atoms with van der Waals surface area (Å²) in [6.45, 7) is 5.25. The van der Waals surface area contributed by atoms with Crippen LogP contribution in [0.15, 0.2) is 108 Å². The van der Waals surface area contributed by atoms with Gasteiger partial charge in [-0.3, -0.25) is 13.9 Å². The molecule has 0 aliphatic heterocycles. The SMILES string of the molecule is CCOc1ccccc1N(CC(=O)N(Cc1ccccc1Cl)[C@@H](Cc1ccccc1)C(=O)N[C@H](C)CC)S(=O)(=O)c1ccc(Cl)cc1. The molecular formula is C36H39Cl2N3O5S. The van der Waals surface area contributed by atoms with Crippen LogP contribution in [0.3, 0.4) is 0 Å². The Hall–Kier alpha value is -4.05. The molecule has 1 N–H and O–H groups in total. The molecule has 248 valence electrons. The van der Waals surface area contributed by atoms with E-state index in [2.05, 4.69) is 5.32 Å². The molecule has 0 heterocycles. The molecule has 0 radical (unpaired) electrons. The van der Waals surface area contributed by atoms with Gasteiger partial charge in [0, 0.05) is 29.1 Å². The van der Waals surface area contributed by atoms with Crippen LogP contribution in [-0.2, 0) is 32.6 Å². The summed E-state index contributed by atoms with van der Waals surface area (Å²) in [6.07, 6.45) is 0.877. The van der Waals surface area contributed by atoms with Gasteiger partial charge in [-0.15, -0.1) is 0 Å². The van der Waals surface area contributed by atoms with E-state index in [1.54, 1.807) is 55.5 Å². The molecule has 8 nitrogen and oxygen atoms in total. The Morgan fingerprint density at radius 1 is 0.851 bits per heavy atom. The van der Waals surface area contributed by atoms with E-state index in [1.807, 2.05) is 44.2 Å². The summed E-state index contributed by atoms with van der Waals surface area (Å²) < 4.78 is 35.4. The van der Waals surface area contributed by atoms with Gasteiger partial charge in [-0.2, -0.15) is 0 Å². The van der Waals surface area contributed by atoms with E-state index in [0.29, 0.717) is 22.0 Å². The molecule has 0 spiro atoms. The number of para-hydroxylation sites is 2. The molecule has 4 rings (SSSR count). The molecule has 4 aromatic rings. The van der Waals surface area contributed by atoms with Crippen LogP contribution in [-0.4, -0.2) is 50.4 Å². The molecule has 47 heavy (non-hydrogen) atoms. The predicted molar refractivity (Wildman–Crippen MR) is 187 cm³/mol. The Labute approximate surface area is 287 Å². The standard InChI is InChI=1S/C36H39Cl2N3O5S/c1-4-26(3)39-36(43)33(23-27-13-7-6-8-14-27)40(24-28-15-9-10-16-31(28)38)35(42)25-41(32-17-11-12-18-34(32)46-5-2)47(44,45)30-21-19-29(37)20-22-30/h6-22,26,33H,4-5,23-25H2,1-3H3,(H,39,43)/t26-,33+/m1/s1. The molecule has 0 bridgehead atoms. The van der Waals surface area contributed by atoms with Crippen molar-refractivity contribution in [1.82, 2.24) is 10.2 Å². The number of nitrogens with zero attached hydrogens (tertiary/aromatic N) is 2. The number of ether oxygens (including phenoxy) is 1. The van der Waals surface area contributed by atoms with Crippen molar-refractivity contribution in [3.05, 3.63) is 124 Å². The van der Waals surface area contributed by atoms with Gasteiger partial charge in [0.1, 0.15) is 18.3 Å². The fraction of sp³-hybridized carbons (Fsp3) is 0.278. The first kappa shape index (κ1) is 35.8. The minimum atomic E-state index is -4.33. The topological polar surface area (TPSA) is 96.0 Å². The fourth-order valence-electron chi connectivity index (χ4n) is 4.99. The van der Waals surface area contributed by atoms with Gasteiger partial charge in [0.15, 0.2) is 0 Å². The molecule has 2 amide bonds. The lowest BCUT2D eigenvalue weighted by Gasteiger charge is -2.34. The highest BCUT2D eigenvalue weighted by atomic mass is 35.5. The van der Waals surface area contributed by atoms with Crippen LogP contribution in [0, 0.1) is 0 Å². The largest absolute Gasteiger partial charge is 0.492 e. The van der Waals surface area contributed by atoms with Crippen LogP contribution >= 0.6 is 23.2 Å². The maximum Gasteiger partial charge on any atom is 0.264 e. The number of halogens is 2. The lowest BCUT2D eigenvalue weighted by Crippen LogP contribution is -2.54. The Morgan fingerprint density at radius 3 is 2.15 bits per heavy atom. The molecule has 0 saturated carbocycles. The molecule has 0 saturated heterocycles. The Morgan fingerprint density at radius 2 is 1.49 bits per heavy atom. The minimum Gasteiger partial charge on any atom is -0.492 e. The second-order valence-electron chi connectivity index (χ2n) is 11.0. The van der Waals surface area contributed by atoms with Crippen LogP contribution in [0.2, 0.25) is 10.0 Å². The van der Waals surface area contributed by atoms with E-state index < -0.39 is 28.5 Å². The minimum absolute atomic E-state index is 0.0358. The Balaban J connectivity index is 1.85. The second kappa shape index (κ2) is 16.7. The van der Waals surface area contributed by atoms with E-state index >= 15 is 0 Å². The quantitative estimate of drug-likeness (QED) is 0.143. The molecule has 0 aliphatic carbocycles. The smallest absolute Gasteiger partial charge is 0.264 e. The summed E-state index contributed by atoms with van der Waals surface area (Å²) in [4.78, 5) is 30.0. The zero-order valence-corrected chi connectivity index (χ0v) is 28.9. The van der Waals surface area contributed by atoms with Crippen molar-refractivity contribution in [1.29, 1.82) is 0 Å². The van der Waals surface area contributed by atoms with Crippen molar-refractivity contribution in [3.63, 3.8) is 0 Å². The van der Waals surface area contributed by atoms with Gasteiger partial charge in [-0.05, 0) is 73.9 Å². The number of anilines is 1. The normalized spacial score (nSPS) is 12.5. The average molecular weight is 697 g/mol. The first-order valence-electron chi connectivity index (χ1n) is 15.4. The van der Waals surface area contributed by atoms with E-state index in [4.69, 9.17) is 27.9 Å². The third-order valence-electron chi connectivity index (χ3n) is 7.68. The van der Waals surface area contributed by atoms with Gasteiger partial charge in [0.2, 0.25) is 11.8 Å². The Kier molecular flexibility index (Phi) is 12.7. The van der Waals surface area contributed by atoms with Crippen LogP contribution in [0.1, 0.15) is 38.3 Å². The zero-order valence-electron chi connectivity index (χ0n) is 26.6. The van der Waals surface area contributed by atoms with Crippen LogP contribution < -0.4 is 14.4 Å². The van der Waals surface area contributed by atoms with Gasteiger partial charge >= 0.3 is 0 Å². The van der Waals surface area contributed by atoms with Crippen molar-refractivity contribution < 1.29 is 22.7 Å². The number of benzene rings is 4. The first-order valence-corrected chi connectivity index (χ1v) is 17.6. The number of nitrogens with one attached hydrogen (secondary N) is 1. The number of hydrogen-bond donors (Lipinski definition) is 1. The summed E-state index contributed by atoms with van der Waals surface area (Å²) in [5.74, 6) is -0.673. The average Bonchev–Trinajstić information content (AvgIpc) is 3.07. The predicted octanol–water partition coefficient (Wildman–Crippen LogP) is 7.14. The van der Waals surface area contributed by atoms with Crippen LogP contribution in [0.25, 0.3) is 0 Å². The molecule has 2 atom stereocenters. The number of amides is 2. The molecule has 4 aromatic carbocycles. The van der Waals surface area contributed by atoms with E-state index in [-0.39, 0.29) is 47.9 Å². The Bertz CT molecular complexity index is 1750. The van der Waals surface area contributed by atoms with Gasteiger partial charge in [-0.1, -0.05) is 90.8 Å². The molecule has 0 fully saturated rings. The van der Waals surface area contributed by atoms with Gasteiger partial charge in [0.05, 0.1) is 17.2 Å². The molecule has 0 aliphatic rings. The van der Waals surface area contributed by atoms with Crippen molar-refractivity contribution in [3.8, 4) is 5.75 Å². The highest BCUT2D eigenvalue weighted by molar-refractivity contribution is 7.92. The lowest BCUT2D eigenvalue weighted by molar-refractivity contribution is -0.140. The number of carbonyl (C=O) groups is 2. The summed E-state index contributed by atoms with van der Waals surface area (Å²) in [5.41, 5.74) is 1.62. The summed E-state index contributed by atoms with van der Waals surface area (Å²) >= 11 is 12.7. The van der Waals surface area contributed by atoms with Crippen molar-refractivity contribution in [2.75, 3.05) is 17.5 Å². The molecule has 11 heteroatoms. The highest BCUT2D eigenvalue weighted by Gasteiger charge is 2.36. The maximum atomic E-state index is 14.7. The van der Waals surface area contributed by atoms with Crippen molar-refractivity contribution in [2.45, 2.75) is 57.1 Å². The molecule has 0 unspecified atom stereocenters. The second-order valence-corrected chi connectivity index (χ2v) is 13.7. The van der Waals surface area contributed by atoms with E-state index in [0.717, 1.165) is 9.87 Å². The van der Waals surface area contributed by atoms with Crippen LogP contribution in [0.4, 0.5) is 5.69 Å². The van der Waals surface area contributed by atoms with Gasteiger partial charge in [-0.25, -0.2) is 8.42 Å². The van der Waals surface area contributed by atoms with Gasteiger partial charge < -0.3 is 15.0 Å². The fourth-order valence-corrected chi connectivity index (χ4v) is 6.74. The summed E-state index contributed by atoms with van der Waals surface area (Å²) in [6, 6.07) is 27.6. The summed E-state index contributed by atoms with van der Waals surface area (Å²) in [7, 11) is -4.33. The monoisotopic (exact) mass is 695 g/mol. The number of carbonyl (C=O) groups excluding carboxylic acids is 2. The lowest BCUT2D eigenvalue weighted by atomic mass is 10.0. The van der Waals surface area contributed by atoms with Crippen molar-refractivity contribution in [2.24, 2.45) is 0 Å². The van der Waals surface area contributed by atoms with Gasteiger partial charge in [0.25, 0.3) is 10.0 Å². The first-order chi connectivity index (χ1) is 22.5. The number of rotatable bonds is 15. The summed E-state index contributed by atoms with van der Waals surface area (Å²) in [5, 5.41) is 3.81. The highest BCUT2D eigenvalue weighted by Crippen LogP contribution is 2.33. The third-order valence-corrected chi connectivity index (χ3v) is 10.1. The maximum absolute atomic E-state index is 14.7. The molecule has 0 aromatic heterocycles. The van der Waals surface area contributed by atoms with E-state index in [9.17, 15) is 18.0 Å². The van der Waals surface area contributed by atoms with Crippen LogP contribution in [0.5, 0.6) is 5.75 Å². The third kappa shape index (κ3) is 9.28. The van der Waals surface area contributed by atoms with Crippen molar-refractivity contribution >= 4 is 50.7 Å². The van der Waals surface area contributed by atoms with E-state index in [1.165, 1.54) is 29.2 Å². The molecular weight excluding hydrogens is 657 g/mol. The number of hydrogen-bond acceptors (Lipinski definition) is 5.